The standard InChI is InChI=1S/C20H22F2N4O/c1-3-15-12(2)23-18-9-17(24-26(18)20(15)27)13-7-8-25(10-13)11-14-5-4-6-16(21)19(14)22/h4-6,9,13,24H,3,7-8,10-11H2,1-2H3/t13-/m0/s1. The van der Waals surface area contributed by atoms with Gasteiger partial charge in [0.05, 0.1) is 0 Å². The fraction of sp³-hybridized carbons (Fsp3) is 0.400. The largest absolute Gasteiger partial charge is 0.298 e. The van der Waals surface area contributed by atoms with Crippen molar-refractivity contribution in [1.82, 2.24) is 19.5 Å². The van der Waals surface area contributed by atoms with Gasteiger partial charge in [-0.2, -0.15) is 0 Å². The summed E-state index contributed by atoms with van der Waals surface area (Å²) in [4.78, 5) is 19.2. The van der Waals surface area contributed by atoms with Crippen molar-refractivity contribution in [3.8, 4) is 0 Å². The lowest BCUT2D eigenvalue weighted by molar-refractivity contribution is 0.318. The average molecular weight is 372 g/mol. The molecule has 0 saturated carbocycles. The van der Waals surface area contributed by atoms with Crippen molar-refractivity contribution in [1.29, 1.82) is 0 Å². The topological polar surface area (TPSA) is 53.4 Å². The van der Waals surface area contributed by atoms with Gasteiger partial charge in [0.15, 0.2) is 17.3 Å². The van der Waals surface area contributed by atoms with Crippen LogP contribution in [0.2, 0.25) is 0 Å². The molecule has 1 aromatic carbocycles. The fourth-order valence-corrected chi connectivity index (χ4v) is 3.95. The highest BCUT2D eigenvalue weighted by molar-refractivity contribution is 5.42. The van der Waals surface area contributed by atoms with E-state index in [0.717, 1.165) is 42.5 Å². The van der Waals surface area contributed by atoms with Crippen LogP contribution in [0.25, 0.3) is 5.65 Å². The van der Waals surface area contributed by atoms with Crippen molar-refractivity contribution in [2.75, 3.05) is 13.1 Å². The van der Waals surface area contributed by atoms with E-state index in [4.69, 9.17) is 0 Å². The third kappa shape index (κ3) is 3.16. The van der Waals surface area contributed by atoms with E-state index >= 15 is 0 Å². The smallest absolute Gasteiger partial charge is 0.276 e. The first-order valence-corrected chi connectivity index (χ1v) is 9.24. The molecular weight excluding hydrogens is 350 g/mol. The molecule has 1 aliphatic heterocycles. The zero-order valence-corrected chi connectivity index (χ0v) is 15.4. The molecule has 5 nitrogen and oxygen atoms in total. The summed E-state index contributed by atoms with van der Waals surface area (Å²) in [6.45, 7) is 5.69. The lowest BCUT2D eigenvalue weighted by Gasteiger charge is -2.16. The van der Waals surface area contributed by atoms with Crippen molar-refractivity contribution in [3.05, 3.63) is 68.8 Å². The number of aromatic nitrogens is 3. The minimum atomic E-state index is -0.814. The van der Waals surface area contributed by atoms with Gasteiger partial charge in [-0.1, -0.05) is 19.1 Å². The lowest BCUT2D eigenvalue weighted by atomic mass is 10.1. The van der Waals surface area contributed by atoms with Gasteiger partial charge in [-0.25, -0.2) is 18.3 Å². The summed E-state index contributed by atoms with van der Waals surface area (Å²) in [5, 5.41) is 3.19. The number of nitrogens with one attached hydrogen (secondary N) is 1. The minimum absolute atomic E-state index is 0.0528. The highest BCUT2D eigenvalue weighted by Gasteiger charge is 2.27. The summed E-state index contributed by atoms with van der Waals surface area (Å²) in [6.07, 6.45) is 1.53. The zero-order valence-electron chi connectivity index (χ0n) is 15.4. The number of likely N-dealkylation sites (tertiary alicyclic amines) is 1. The molecule has 27 heavy (non-hydrogen) atoms. The van der Waals surface area contributed by atoms with Crippen molar-refractivity contribution in [2.45, 2.75) is 39.2 Å². The molecule has 0 unspecified atom stereocenters. The van der Waals surface area contributed by atoms with E-state index in [1.165, 1.54) is 10.6 Å². The minimum Gasteiger partial charge on any atom is -0.298 e. The quantitative estimate of drug-likeness (QED) is 0.765. The summed E-state index contributed by atoms with van der Waals surface area (Å²) in [5.41, 5.74) is 3.38. The van der Waals surface area contributed by atoms with E-state index in [9.17, 15) is 13.6 Å². The van der Waals surface area contributed by atoms with Crippen molar-refractivity contribution in [3.63, 3.8) is 0 Å². The van der Waals surface area contributed by atoms with Crippen LogP contribution in [0.15, 0.2) is 29.1 Å². The molecule has 0 bridgehead atoms. The van der Waals surface area contributed by atoms with Crippen LogP contribution in [-0.4, -0.2) is 32.6 Å². The zero-order chi connectivity index (χ0) is 19.1. The van der Waals surface area contributed by atoms with Gasteiger partial charge in [0.1, 0.15) is 0 Å². The molecule has 7 heteroatoms. The lowest BCUT2D eigenvalue weighted by Crippen LogP contribution is -2.22. The van der Waals surface area contributed by atoms with Gasteiger partial charge in [-0.15, -0.1) is 0 Å². The Morgan fingerprint density at radius 1 is 1.33 bits per heavy atom. The molecule has 0 radical (unpaired) electrons. The maximum Gasteiger partial charge on any atom is 0.276 e. The van der Waals surface area contributed by atoms with E-state index in [1.54, 1.807) is 6.07 Å². The molecule has 0 spiro atoms. The van der Waals surface area contributed by atoms with E-state index in [1.807, 2.05) is 19.9 Å². The van der Waals surface area contributed by atoms with E-state index in [-0.39, 0.29) is 11.5 Å². The van der Waals surface area contributed by atoms with Crippen LogP contribution in [-0.2, 0) is 13.0 Å². The molecular formula is C20H22F2N4O. The summed E-state index contributed by atoms with van der Waals surface area (Å²) in [7, 11) is 0. The number of aromatic amines is 1. The maximum absolute atomic E-state index is 13.9. The second-order valence-corrected chi connectivity index (χ2v) is 7.17. The highest BCUT2D eigenvalue weighted by Crippen LogP contribution is 2.28. The molecule has 3 heterocycles. The Balaban J connectivity index is 1.56. The fourth-order valence-electron chi connectivity index (χ4n) is 3.95. The molecule has 142 valence electrons. The Labute approximate surface area is 155 Å². The van der Waals surface area contributed by atoms with Crippen LogP contribution in [0, 0.1) is 18.6 Å². The third-order valence-electron chi connectivity index (χ3n) is 5.43. The monoisotopic (exact) mass is 372 g/mol. The summed E-state index contributed by atoms with van der Waals surface area (Å²) in [5.74, 6) is -1.38. The number of fused-ring (bicyclic) bond motifs is 1. The third-order valence-corrected chi connectivity index (χ3v) is 5.43. The number of H-pyrrole nitrogens is 1. The summed E-state index contributed by atoms with van der Waals surface area (Å²) < 4.78 is 28.8. The molecule has 1 fully saturated rings. The van der Waals surface area contributed by atoms with Crippen LogP contribution in [0.1, 0.15) is 41.8 Å². The van der Waals surface area contributed by atoms with E-state index in [0.29, 0.717) is 24.2 Å². The Kier molecular flexibility index (Phi) is 4.55. The Hall–Kier alpha value is -2.54. The normalized spacial score (nSPS) is 17.9. The van der Waals surface area contributed by atoms with Gasteiger partial charge >= 0.3 is 0 Å². The predicted molar refractivity (Wildman–Crippen MR) is 98.9 cm³/mol. The number of rotatable bonds is 4. The van der Waals surface area contributed by atoms with Gasteiger partial charge in [0.25, 0.3) is 5.56 Å². The number of nitrogens with zero attached hydrogens (tertiary/aromatic N) is 3. The average Bonchev–Trinajstić information content (AvgIpc) is 3.26. The van der Waals surface area contributed by atoms with Crippen molar-refractivity contribution >= 4 is 5.65 Å². The molecule has 0 amide bonds. The molecule has 1 atom stereocenters. The van der Waals surface area contributed by atoms with Gasteiger partial charge in [-0.05, 0) is 32.4 Å². The van der Waals surface area contributed by atoms with Crippen LogP contribution >= 0.6 is 0 Å². The van der Waals surface area contributed by atoms with E-state index < -0.39 is 11.6 Å². The second-order valence-electron chi connectivity index (χ2n) is 7.17. The number of aryl methyl sites for hydroxylation is 1. The first kappa shape index (κ1) is 17.9. The second kappa shape index (κ2) is 6.88. The number of hydrogen-bond donors (Lipinski definition) is 1. The maximum atomic E-state index is 13.9. The van der Waals surface area contributed by atoms with Crippen LogP contribution in [0.3, 0.4) is 0 Å². The number of halogens is 2. The molecule has 1 saturated heterocycles. The van der Waals surface area contributed by atoms with E-state index in [2.05, 4.69) is 15.0 Å². The molecule has 3 aromatic rings. The highest BCUT2D eigenvalue weighted by atomic mass is 19.2. The number of benzene rings is 1. The Morgan fingerprint density at radius 2 is 2.15 bits per heavy atom. The Bertz CT molecular complexity index is 1060. The Morgan fingerprint density at radius 3 is 2.93 bits per heavy atom. The van der Waals surface area contributed by atoms with Crippen molar-refractivity contribution < 1.29 is 8.78 Å². The first-order chi connectivity index (χ1) is 13.0. The molecule has 4 rings (SSSR count). The molecule has 0 aliphatic carbocycles. The van der Waals surface area contributed by atoms with Gasteiger partial charge in [0, 0.05) is 47.6 Å². The SMILES string of the molecule is CCc1c(C)nc2cc([C@H]3CCN(Cc4cccc(F)c4F)C3)[nH]n2c1=O. The van der Waals surface area contributed by atoms with Gasteiger partial charge in [0.2, 0.25) is 0 Å². The molecule has 1 aliphatic rings. The predicted octanol–water partition coefficient (Wildman–Crippen LogP) is 3.16. The first-order valence-electron chi connectivity index (χ1n) is 9.24. The molecule has 2 aromatic heterocycles. The van der Waals surface area contributed by atoms with Crippen molar-refractivity contribution in [2.24, 2.45) is 0 Å². The van der Waals surface area contributed by atoms with Crippen LogP contribution < -0.4 is 5.56 Å². The summed E-state index contributed by atoms with van der Waals surface area (Å²) in [6, 6.07) is 6.20. The van der Waals surface area contributed by atoms with Crippen LogP contribution in [0.4, 0.5) is 8.78 Å². The summed E-state index contributed by atoms with van der Waals surface area (Å²) >= 11 is 0. The van der Waals surface area contributed by atoms with Crippen LogP contribution in [0.5, 0.6) is 0 Å². The number of hydrogen-bond acceptors (Lipinski definition) is 3. The molecule has 1 N–H and O–H groups in total. The van der Waals surface area contributed by atoms with Gasteiger partial charge < -0.3 is 0 Å². The van der Waals surface area contributed by atoms with Gasteiger partial charge in [-0.3, -0.25) is 14.8 Å².